The molecule has 0 saturated carbocycles. The number of ether oxygens (including phenoxy) is 4. The van der Waals surface area contributed by atoms with Gasteiger partial charge in [-0.15, -0.1) is 0 Å². The lowest BCUT2D eigenvalue weighted by atomic mass is 9.79. The van der Waals surface area contributed by atoms with Crippen LogP contribution in [0, 0.1) is 5.92 Å². The Kier molecular flexibility index (Phi) is 12.9. The second kappa shape index (κ2) is 15.1. The predicted octanol–water partition coefficient (Wildman–Crippen LogP) is 4.57. The van der Waals surface area contributed by atoms with Gasteiger partial charge in [0.05, 0.1) is 0 Å². The third-order valence-electron chi connectivity index (χ3n) is 5.84. The van der Waals surface area contributed by atoms with Crippen molar-refractivity contribution in [3.8, 4) is 11.5 Å². The number of nitrogens with two attached hydrogens (primary N) is 1. The van der Waals surface area contributed by atoms with Crippen LogP contribution < -0.4 is 15.2 Å². The molecule has 0 aliphatic heterocycles. The minimum atomic E-state index is -1.37. The van der Waals surface area contributed by atoms with Crippen molar-refractivity contribution in [3.05, 3.63) is 23.8 Å². The first-order chi connectivity index (χ1) is 16.9. The van der Waals surface area contributed by atoms with Gasteiger partial charge in [-0.2, -0.15) is 0 Å². The highest BCUT2D eigenvalue weighted by Crippen LogP contribution is 2.37. The molecule has 0 radical (unpaired) electrons. The van der Waals surface area contributed by atoms with Crippen LogP contribution in [0.2, 0.25) is 0 Å². The Labute approximate surface area is 212 Å². The van der Waals surface area contributed by atoms with Gasteiger partial charge >= 0.3 is 24.1 Å². The molecule has 10 heteroatoms. The van der Waals surface area contributed by atoms with Crippen molar-refractivity contribution < 1.29 is 43.2 Å². The molecule has 0 amide bonds. The molecule has 0 aromatic heterocycles. The molecule has 5 atom stereocenters. The van der Waals surface area contributed by atoms with Gasteiger partial charge in [0.25, 0.3) is 0 Å². The number of carbonyl (C=O) groups is 4. The van der Waals surface area contributed by atoms with Gasteiger partial charge in [0, 0.05) is 24.7 Å². The molecule has 202 valence electrons. The molecule has 10 nitrogen and oxygen atoms in total. The van der Waals surface area contributed by atoms with Gasteiger partial charge in [-0.05, 0) is 50.8 Å². The fraction of sp³-hybridized carbons (Fsp3) is 0.615. The van der Waals surface area contributed by atoms with Crippen molar-refractivity contribution in [2.24, 2.45) is 11.7 Å². The van der Waals surface area contributed by atoms with Crippen LogP contribution in [-0.4, -0.2) is 47.4 Å². The summed E-state index contributed by atoms with van der Waals surface area (Å²) in [7, 11) is 0. The van der Waals surface area contributed by atoms with Gasteiger partial charge in [0.1, 0.15) is 18.2 Å². The van der Waals surface area contributed by atoms with Crippen molar-refractivity contribution >= 4 is 24.1 Å². The quantitative estimate of drug-likeness (QED) is 0.269. The van der Waals surface area contributed by atoms with E-state index in [4.69, 9.17) is 24.7 Å². The van der Waals surface area contributed by atoms with Crippen molar-refractivity contribution in [3.63, 3.8) is 0 Å². The summed E-state index contributed by atoms with van der Waals surface area (Å²) < 4.78 is 21.4. The number of aliphatic carboxylic acids is 1. The Morgan fingerprint density at radius 2 is 1.44 bits per heavy atom. The summed E-state index contributed by atoms with van der Waals surface area (Å²) in [6, 6.07) is 3.06. The molecule has 0 spiro atoms. The lowest BCUT2D eigenvalue weighted by Gasteiger charge is -2.31. The minimum absolute atomic E-state index is 0.0186. The zero-order valence-corrected chi connectivity index (χ0v) is 21.9. The van der Waals surface area contributed by atoms with Crippen molar-refractivity contribution in [2.75, 3.05) is 0 Å². The fourth-order valence-electron chi connectivity index (χ4n) is 3.47. The third kappa shape index (κ3) is 9.49. The van der Waals surface area contributed by atoms with E-state index in [0.717, 1.165) is 0 Å². The van der Waals surface area contributed by atoms with Crippen LogP contribution in [0.25, 0.3) is 0 Å². The maximum absolute atomic E-state index is 12.2. The van der Waals surface area contributed by atoms with Gasteiger partial charge < -0.3 is 29.8 Å². The average Bonchev–Trinajstić information content (AvgIpc) is 2.80. The molecule has 1 rings (SSSR count). The number of carboxylic acids is 1. The number of rotatable bonds is 14. The Balaban J connectivity index is 3.37. The van der Waals surface area contributed by atoms with Crippen molar-refractivity contribution in [2.45, 2.75) is 97.8 Å². The summed E-state index contributed by atoms with van der Waals surface area (Å²) in [5.41, 5.74) is 6.47. The predicted molar refractivity (Wildman–Crippen MR) is 132 cm³/mol. The second-order valence-corrected chi connectivity index (χ2v) is 8.81. The number of esters is 2. The van der Waals surface area contributed by atoms with E-state index in [1.54, 1.807) is 26.8 Å². The van der Waals surface area contributed by atoms with E-state index in [2.05, 4.69) is 0 Å². The molecular formula is C26H39NO9. The molecule has 0 aliphatic carbocycles. The number of hydrogen-bond donors (Lipinski definition) is 2. The molecule has 4 unspecified atom stereocenters. The highest BCUT2D eigenvalue weighted by Gasteiger charge is 2.36. The van der Waals surface area contributed by atoms with Crippen molar-refractivity contribution in [1.29, 1.82) is 0 Å². The Morgan fingerprint density at radius 1 is 0.889 bits per heavy atom. The van der Waals surface area contributed by atoms with Gasteiger partial charge in [-0.25, -0.2) is 4.79 Å². The SMILES string of the molecule is CCCC(=O)Oc1ccc(C(C(C)C(C)OC(=O)OC(C)CC)[C@H](N)C(=O)O)cc1OC(=O)CCC. The summed E-state index contributed by atoms with van der Waals surface area (Å²) in [6.07, 6.45) is 0.102. The number of carboxylic acid groups (broad SMARTS) is 1. The minimum Gasteiger partial charge on any atom is -0.480 e. The van der Waals surface area contributed by atoms with E-state index < -0.39 is 48.0 Å². The molecule has 0 heterocycles. The van der Waals surface area contributed by atoms with E-state index >= 15 is 0 Å². The molecule has 0 aliphatic rings. The standard InChI is InChI=1S/C26H39NO9/c1-7-10-21(28)35-19-13-12-18(14-20(19)36-22(29)11-8-2)23(24(27)25(30)31)16(5)17(6)34-26(32)33-15(4)9-3/h12-17,23-24H,7-11,27H2,1-6H3,(H,30,31)/t15?,16?,17?,23?,24-/m0/s1. The van der Waals surface area contributed by atoms with Crippen LogP contribution in [0.15, 0.2) is 18.2 Å². The van der Waals surface area contributed by atoms with Crippen LogP contribution in [0.3, 0.4) is 0 Å². The molecule has 0 fully saturated rings. The van der Waals surface area contributed by atoms with Crippen LogP contribution >= 0.6 is 0 Å². The zero-order valence-electron chi connectivity index (χ0n) is 21.9. The second-order valence-electron chi connectivity index (χ2n) is 8.81. The summed E-state index contributed by atoms with van der Waals surface area (Å²) in [5, 5.41) is 9.68. The van der Waals surface area contributed by atoms with E-state index in [0.29, 0.717) is 24.8 Å². The highest BCUT2D eigenvalue weighted by molar-refractivity contribution is 5.77. The lowest BCUT2D eigenvalue weighted by Crippen LogP contribution is -2.42. The maximum Gasteiger partial charge on any atom is 0.508 e. The monoisotopic (exact) mass is 509 g/mol. The first-order valence-electron chi connectivity index (χ1n) is 12.4. The lowest BCUT2D eigenvalue weighted by molar-refractivity contribution is -0.140. The number of benzene rings is 1. The largest absolute Gasteiger partial charge is 0.508 e. The topological polar surface area (TPSA) is 151 Å². The van der Waals surface area contributed by atoms with Crippen LogP contribution in [0.4, 0.5) is 4.79 Å². The molecule has 0 bridgehead atoms. The summed E-state index contributed by atoms with van der Waals surface area (Å²) >= 11 is 0. The normalized spacial score (nSPS) is 15.1. The van der Waals surface area contributed by atoms with Crippen LogP contribution in [0.1, 0.15) is 85.1 Å². The molecule has 1 aromatic rings. The van der Waals surface area contributed by atoms with Gasteiger partial charge in [0.15, 0.2) is 11.5 Å². The van der Waals surface area contributed by atoms with E-state index in [-0.39, 0.29) is 30.4 Å². The molecule has 3 N–H and O–H groups in total. The number of carbonyl (C=O) groups excluding carboxylic acids is 3. The van der Waals surface area contributed by atoms with E-state index in [1.807, 2.05) is 20.8 Å². The number of hydrogen-bond acceptors (Lipinski definition) is 9. The maximum atomic E-state index is 12.2. The molecule has 1 aromatic carbocycles. The zero-order chi connectivity index (χ0) is 27.4. The third-order valence-corrected chi connectivity index (χ3v) is 5.84. The van der Waals surface area contributed by atoms with Crippen molar-refractivity contribution in [1.82, 2.24) is 0 Å². The fourth-order valence-corrected chi connectivity index (χ4v) is 3.47. The Hall–Kier alpha value is -3.14. The van der Waals surface area contributed by atoms with E-state index in [9.17, 15) is 24.3 Å². The summed E-state index contributed by atoms with van der Waals surface area (Å²) in [6.45, 7) is 10.6. The molecular weight excluding hydrogens is 470 g/mol. The Morgan fingerprint density at radius 3 is 1.94 bits per heavy atom. The molecule has 0 saturated heterocycles. The van der Waals surface area contributed by atoms with E-state index in [1.165, 1.54) is 12.1 Å². The first kappa shape index (κ1) is 30.9. The summed E-state index contributed by atoms with van der Waals surface area (Å²) in [4.78, 5) is 48.3. The van der Waals surface area contributed by atoms with Crippen LogP contribution in [0.5, 0.6) is 11.5 Å². The average molecular weight is 510 g/mol. The first-order valence-corrected chi connectivity index (χ1v) is 12.4. The molecule has 36 heavy (non-hydrogen) atoms. The van der Waals surface area contributed by atoms with Gasteiger partial charge in [0.2, 0.25) is 0 Å². The smallest absolute Gasteiger partial charge is 0.480 e. The highest BCUT2D eigenvalue weighted by atomic mass is 16.7. The van der Waals surface area contributed by atoms with Gasteiger partial charge in [-0.3, -0.25) is 14.4 Å². The van der Waals surface area contributed by atoms with Crippen LogP contribution in [-0.2, 0) is 23.9 Å². The van der Waals surface area contributed by atoms with Gasteiger partial charge in [-0.1, -0.05) is 33.8 Å². The summed E-state index contributed by atoms with van der Waals surface area (Å²) in [5.74, 6) is -3.69. The Bertz CT molecular complexity index is 901.